The Labute approximate surface area is 111 Å². The second-order valence-corrected chi connectivity index (χ2v) is 6.55. The lowest BCUT2D eigenvalue weighted by Gasteiger charge is -2.22. The van der Waals surface area contributed by atoms with Crippen LogP contribution in [-0.2, 0) is 16.3 Å². The molecule has 0 fully saturated rings. The van der Waals surface area contributed by atoms with Gasteiger partial charge in [-0.2, -0.15) is 0 Å². The number of nitro groups is 1. The molecule has 104 valence electrons. The highest BCUT2D eigenvalue weighted by Crippen LogP contribution is 2.34. The Morgan fingerprint density at radius 2 is 2.11 bits per heavy atom. The summed E-state index contributed by atoms with van der Waals surface area (Å²) in [5, 5.41) is 10.5. The highest BCUT2D eigenvalue weighted by molar-refractivity contribution is 7.91. The molecule has 0 bridgehead atoms. The number of fused-ring (bicyclic) bond motifs is 1. The van der Waals surface area contributed by atoms with Crippen LogP contribution in [0.3, 0.4) is 0 Å². The van der Waals surface area contributed by atoms with E-state index in [0.717, 1.165) is 18.4 Å². The number of benzene rings is 1. The molecule has 1 aliphatic rings. The maximum atomic E-state index is 12.1. The van der Waals surface area contributed by atoms with Crippen LogP contribution >= 0.6 is 0 Å². The highest BCUT2D eigenvalue weighted by Gasteiger charge is 2.28. The van der Waals surface area contributed by atoms with Gasteiger partial charge in [0.2, 0.25) is 9.84 Å². The summed E-state index contributed by atoms with van der Waals surface area (Å²) in [6.07, 6.45) is 1.56. The molecule has 0 amide bonds. The van der Waals surface area contributed by atoms with Crippen LogP contribution in [0.25, 0.3) is 0 Å². The zero-order valence-electron chi connectivity index (χ0n) is 10.8. The molecule has 1 aromatic rings. The minimum atomic E-state index is -3.91. The summed E-state index contributed by atoms with van der Waals surface area (Å²) < 4.78 is 29.7. The van der Waals surface area contributed by atoms with Gasteiger partial charge in [0, 0.05) is 4.92 Å². The molecule has 19 heavy (non-hydrogen) atoms. The molecule has 0 radical (unpaired) electrons. The van der Waals surface area contributed by atoms with Crippen molar-refractivity contribution in [1.82, 2.24) is 0 Å². The summed E-state index contributed by atoms with van der Waals surface area (Å²) in [6, 6.07) is 1.66. The number of rotatable bonds is 3. The van der Waals surface area contributed by atoms with E-state index in [-0.39, 0.29) is 4.90 Å². The normalized spacial score (nSPS) is 14.6. The third kappa shape index (κ3) is 2.56. The van der Waals surface area contributed by atoms with Crippen molar-refractivity contribution in [2.24, 2.45) is 0 Å². The quantitative estimate of drug-likeness (QED) is 0.622. The van der Waals surface area contributed by atoms with Crippen molar-refractivity contribution in [1.29, 1.82) is 0 Å². The van der Waals surface area contributed by atoms with Gasteiger partial charge in [0.1, 0.15) is 5.75 Å². The average Bonchev–Trinajstić information content (AvgIpc) is 2.26. The summed E-state index contributed by atoms with van der Waals surface area (Å²) in [5.41, 5.74) is 1.93. The summed E-state index contributed by atoms with van der Waals surface area (Å²) in [4.78, 5) is 9.76. The van der Waals surface area contributed by atoms with Crippen molar-refractivity contribution in [2.45, 2.75) is 31.6 Å². The largest absolute Gasteiger partial charge is 0.493 e. The smallest absolute Gasteiger partial charge is 0.305 e. The lowest BCUT2D eigenvalue weighted by atomic mass is 9.98. The minimum Gasteiger partial charge on any atom is -0.493 e. The molecule has 0 saturated carbocycles. The van der Waals surface area contributed by atoms with Gasteiger partial charge in [-0.3, -0.25) is 10.1 Å². The Morgan fingerprint density at radius 3 is 2.74 bits per heavy atom. The second kappa shape index (κ2) is 4.80. The first kappa shape index (κ1) is 13.8. The summed E-state index contributed by atoms with van der Waals surface area (Å²) in [7, 11) is -3.91. The first-order chi connectivity index (χ1) is 8.83. The monoisotopic (exact) mass is 285 g/mol. The third-order valence-corrected chi connectivity index (χ3v) is 5.01. The van der Waals surface area contributed by atoms with Crippen LogP contribution in [0.2, 0.25) is 0 Å². The van der Waals surface area contributed by atoms with E-state index in [2.05, 4.69) is 0 Å². The molecule has 0 unspecified atom stereocenters. The SMILES string of the molecule is Cc1cc2c(c(C)c1S(=O)(=O)C[N+](=O)[O-])CCCO2. The lowest BCUT2D eigenvalue weighted by molar-refractivity contribution is -0.458. The van der Waals surface area contributed by atoms with Crippen LogP contribution in [0.4, 0.5) is 0 Å². The van der Waals surface area contributed by atoms with E-state index in [1.165, 1.54) is 0 Å². The number of sulfone groups is 1. The number of hydrogen-bond acceptors (Lipinski definition) is 5. The maximum absolute atomic E-state index is 12.1. The highest BCUT2D eigenvalue weighted by atomic mass is 32.2. The predicted molar refractivity (Wildman–Crippen MR) is 68.8 cm³/mol. The fraction of sp³-hybridized carbons (Fsp3) is 0.500. The van der Waals surface area contributed by atoms with E-state index in [4.69, 9.17) is 4.74 Å². The molecule has 0 aromatic heterocycles. The molecular formula is C12H15NO5S. The van der Waals surface area contributed by atoms with Gasteiger partial charge in [-0.1, -0.05) is 0 Å². The molecule has 2 rings (SSSR count). The van der Waals surface area contributed by atoms with E-state index in [9.17, 15) is 18.5 Å². The first-order valence-corrected chi connectivity index (χ1v) is 7.58. The van der Waals surface area contributed by atoms with Gasteiger partial charge in [0.15, 0.2) is 0 Å². The minimum absolute atomic E-state index is 0.0773. The predicted octanol–water partition coefficient (Wildman–Crippen LogP) is 1.64. The van der Waals surface area contributed by atoms with Crippen molar-refractivity contribution < 1.29 is 18.1 Å². The molecule has 6 nitrogen and oxygen atoms in total. The molecule has 0 atom stereocenters. The maximum Gasteiger partial charge on any atom is 0.305 e. The second-order valence-electron chi connectivity index (χ2n) is 4.65. The molecular weight excluding hydrogens is 270 g/mol. The number of hydrogen-bond donors (Lipinski definition) is 0. The van der Waals surface area contributed by atoms with Gasteiger partial charge in [-0.25, -0.2) is 8.42 Å². The van der Waals surface area contributed by atoms with Gasteiger partial charge in [0.05, 0.1) is 11.5 Å². The van der Waals surface area contributed by atoms with E-state index in [1.807, 2.05) is 0 Å². The zero-order chi connectivity index (χ0) is 14.2. The van der Waals surface area contributed by atoms with Crippen LogP contribution in [-0.4, -0.2) is 25.8 Å². The van der Waals surface area contributed by atoms with E-state index >= 15 is 0 Å². The van der Waals surface area contributed by atoms with Crippen LogP contribution in [0.15, 0.2) is 11.0 Å². The Balaban J connectivity index is 2.61. The first-order valence-electron chi connectivity index (χ1n) is 5.93. The lowest BCUT2D eigenvalue weighted by Crippen LogP contribution is -2.19. The van der Waals surface area contributed by atoms with Crippen LogP contribution < -0.4 is 4.74 Å². The van der Waals surface area contributed by atoms with E-state index in [0.29, 0.717) is 23.5 Å². The summed E-state index contributed by atoms with van der Waals surface area (Å²) >= 11 is 0. The standard InChI is InChI=1S/C12H15NO5S/c1-8-6-11-10(4-3-5-18-11)9(2)12(8)19(16,17)7-13(14)15/h6H,3-5,7H2,1-2H3. The summed E-state index contributed by atoms with van der Waals surface area (Å²) in [6.45, 7) is 3.94. The molecule has 0 saturated heterocycles. The van der Waals surface area contributed by atoms with Crippen molar-refractivity contribution in [3.63, 3.8) is 0 Å². The molecule has 0 aliphatic carbocycles. The van der Waals surface area contributed by atoms with Crippen molar-refractivity contribution in [2.75, 3.05) is 12.5 Å². The Hall–Kier alpha value is -1.63. The molecule has 0 N–H and O–H groups in total. The van der Waals surface area contributed by atoms with E-state index < -0.39 is 20.6 Å². The van der Waals surface area contributed by atoms with Gasteiger partial charge >= 0.3 is 5.88 Å². The van der Waals surface area contributed by atoms with Gasteiger partial charge in [-0.05, 0) is 49.4 Å². The number of ether oxygens (including phenoxy) is 1. The molecule has 7 heteroatoms. The Morgan fingerprint density at radius 1 is 1.42 bits per heavy atom. The third-order valence-electron chi connectivity index (χ3n) is 3.21. The van der Waals surface area contributed by atoms with Gasteiger partial charge in [0.25, 0.3) is 0 Å². The number of nitrogens with zero attached hydrogens (tertiary/aromatic N) is 1. The molecule has 1 aromatic carbocycles. The fourth-order valence-electron chi connectivity index (χ4n) is 2.52. The molecule has 1 aliphatic heterocycles. The van der Waals surface area contributed by atoms with Gasteiger partial charge < -0.3 is 4.74 Å². The van der Waals surface area contributed by atoms with Crippen LogP contribution in [0.1, 0.15) is 23.1 Å². The van der Waals surface area contributed by atoms with Gasteiger partial charge in [-0.15, -0.1) is 0 Å². The molecule has 1 heterocycles. The number of aryl methyl sites for hydroxylation is 1. The van der Waals surface area contributed by atoms with Crippen molar-refractivity contribution >= 4 is 9.84 Å². The Bertz CT molecular complexity index is 636. The Kier molecular flexibility index (Phi) is 3.49. The van der Waals surface area contributed by atoms with Crippen molar-refractivity contribution in [3.05, 3.63) is 32.9 Å². The average molecular weight is 285 g/mol. The topological polar surface area (TPSA) is 86.5 Å². The summed E-state index contributed by atoms with van der Waals surface area (Å²) in [5.74, 6) is -0.379. The zero-order valence-corrected chi connectivity index (χ0v) is 11.6. The van der Waals surface area contributed by atoms with Crippen LogP contribution in [0, 0.1) is 24.0 Å². The fourth-order valence-corrected chi connectivity index (χ4v) is 4.07. The molecule has 0 spiro atoms. The van der Waals surface area contributed by atoms with E-state index in [1.54, 1.807) is 19.9 Å². The van der Waals surface area contributed by atoms with Crippen LogP contribution in [0.5, 0.6) is 5.75 Å². The van der Waals surface area contributed by atoms with Crippen molar-refractivity contribution in [3.8, 4) is 5.75 Å².